The van der Waals surface area contributed by atoms with Crippen LogP contribution in [0.4, 0.5) is 0 Å². The number of carbonyl (C=O) groups is 2. The molecular weight excluding hydrogens is 390 g/mol. The molecule has 1 fully saturated rings. The van der Waals surface area contributed by atoms with E-state index in [0.717, 1.165) is 29.5 Å². The Morgan fingerprint density at radius 3 is 2.32 bits per heavy atom. The Balaban J connectivity index is 1.52. The lowest BCUT2D eigenvalue weighted by molar-refractivity contribution is -0.142. The van der Waals surface area contributed by atoms with Gasteiger partial charge in [-0.25, -0.2) is 0 Å². The Bertz CT molecular complexity index is 1060. The number of benzene rings is 2. The maximum atomic E-state index is 12.9. The molecule has 0 aliphatic heterocycles. The van der Waals surface area contributed by atoms with Crippen LogP contribution in [0.25, 0.3) is 11.3 Å². The zero-order valence-electron chi connectivity index (χ0n) is 17.9. The van der Waals surface area contributed by atoms with Gasteiger partial charge in [0.1, 0.15) is 12.2 Å². The maximum Gasteiger partial charge on any atom is 0.325 e. The van der Waals surface area contributed by atoms with Crippen LogP contribution in [-0.4, -0.2) is 34.8 Å². The Hall–Kier alpha value is -3.41. The van der Waals surface area contributed by atoms with Crippen LogP contribution in [0.2, 0.25) is 0 Å². The van der Waals surface area contributed by atoms with Gasteiger partial charge in [0.2, 0.25) is 0 Å². The zero-order valence-corrected chi connectivity index (χ0v) is 17.9. The summed E-state index contributed by atoms with van der Waals surface area (Å²) >= 11 is 0. The third kappa shape index (κ3) is 5.60. The number of nitrogens with one attached hydrogen (secondary N) is 1. The molecule has 1 aliphatic carbocycles. The summed E-state index contributed by atoms with van der Waals surface area (Å²) < 4.78 is 6.96. The summed E-state index contributed by atoms with van der Waals surface area (Å²) in [5.74, 6) is -0.258. The second kappa shape index (κ2) is 9.16. The van der Waals surface area contributed by atoms with Gasteiger partial charge in [0, 0.05) is 11.8 Å². The van der Waals surface area contributed by atoms with Gasteiger partial charge in [-0.05, 0) is 38.2 Å². The van der Waals surface area contributed by atoms with Crippen LogP contribution in [0.3, 0.4) is 0 Å². The van der Waals surface area contributed by atoms with Gasteiger partial charge >= 0.3 is 5.97 Å². The standard InChI is InChI=1S/C25H27N3O3/c1-17-3-7-19(8-4-17)14-28-15-22(24(27-28)21-11-5-18(2)6-12-21)25(30)26-13-23(29)31-16-20-9-10-20/h3-8,11-12,15,20H,9-10,13-14,16H2,1-2H3,(H,26,30). The van der Waals surface area contributed by atoms with Crippen molar-refractivity contribution in [3.8, 4) is 11.3 Å². The van der Waals surface area contributed by atoms with Gasteiger partial charge in [0.25, 0.3) is 5.91 Å². The SMILES string of the molecule is Cc1ccc(Cn2cc(C(=O)NCC(=O)OCC3CC3)c(-c3ccc(C)cc3)n2)cc1. The van der Waals surface area contributed by atoms with Crippen molar-refractivity contribution in [2.45, 2.75) is 33.2 Å². The fourth-order valence-electron chi connectivity index (χ4n) is 3.27. The van der Waals surface area contributed by atoms with E-state index in [-0.39, 0.29) is 12.5 Å². The lowest BCUT2D eigenvalue weighted by Crippen LogP contribution is -2.31. The van der Waals surface area contributed by atoms with Crippen LogP contribution in [0.1, 0.15) is 39.9 Å². The maximum absolute atomic E-state index is 12.9. The van der Waals surface area contributed by atoms with Gasteiger partial charge < -0.3 is 10.1 Å². The van der Waals surface area contributed by atoms with Gasteiger partial charge in [-0.2, -0.15) is 5.10 Å². The number of aryl methyl sites for hydroxylation is 2. The molecule has 0 spiro atoms. The third-order valence-corrected chi connectivity index (χ3v) is 5.37. The molecule has 160 valence electrons. The van der Waals surface area contributed by atoms with Crippen molar-refractivity contribution < 1.29 is 14.3 Å². The van der Waals surface area contributed by atoms with Crippen LogP contribution < -0.4 is 5.32 Å². The quantitative estimate of drug-likeness (QED) is 0.564. The second-order valence-corrected chi connectivity index (χ2v) is 8.25. The van der Waals surface area contributed by atoms with Crippen molar-refractivity contribution in [1.82, 2.24) is 15.1 Å². The smallest absolute Gasteiger partial charge is 0.325 e. The molecule has 0 unspecified atom stereocenters. The molecule has 0 saturated heterocycles. The predicted octanol–water partition coefficient (Wildman–Crippen LogP) is 3.90. The largest absolute Gasteiger partial charge is 0.464 e. The summed E-state index contributed by atoms with van der Waals surface area (Å²) in [6.07, 6.45) is 3.96. The summed E-state index contributed by atoms with van der Waals surface area (Å²) in [6.45, 7) is 4.90. The minimum Gasteiger partial charge on any atom is -0.464 e. The van der Waals surface area contributed by atoms with E-state index in [9.17, 15) is 9.59 Å². The summed E-state index contributed by atoms with van der Waals surface area (Å²) in [6, 6.07) is 16.1. The van der Waals surface area contributed by atoms with E-state index in [4.69, 9.17) is 4.74 Å². The molecule has 0 atom stereocenters. The first kappa shape index (κ1) is 20.8. The van der Waals surface area contributed by atoms with Crippen LogP contribution >= 0.6 is 0 Å². The van der Waals surface area contributed by atoms with Crippen molar-refractivity contribution in [3.05, 3.63) is 77.0 Å². The molecule has 1 aliphatic rings. The molecule has 2 aromatic carbocycles. The molecule has 6 heteroatoms. The number of amides is 1. The first-order valence-corrected chi connectivity index (χ1v) is 10.6. The molecule has 6 nitrogen and oxygen atoms in total. The average Bonchev–Trinajstić information content (AvgIpc) is 3.51. The van der Waals surface area contributed by atoms with Crippen LogP contribution in [-0.2, 0) is 16.1 Å². The number of hydrogen-bond donors (Lipinski definition) is 1. The number of rotatable bonds is 8. The molecule has 31 heavy (non-hydrogen) atoms. The van der Waals surface area contributed by atoms with Crippen molar-refractivity contribution >= 4 is 11.9 Å². The van der Waals surface area contributed by atoms with Crippen molar-refractivity contribution in [1.29, 1.82) is 0 Å². The van der Waals surface area contributed by atoms with Gasteiger partial charge in [0.05, 0.1) is 18.7 Å². The normalized spacial score (nSPS) is 13.1. The minimum atomic E-state index is -0.413. The number of aromatic nitrogens is 2. The van der Waals surface area contributed by atoms with Gasteiger partial charge in [-0.3, -0.25) is 14.3 Å². The van der Waals surface area contributed by atoms with Gasteiger partial charge in [-0.1, -0.05) is 59.7 Å². The van der Waals surface area contributed by atoms with Gasteiger partial charge in [-0.15, -0.1) is 0 Å². The van der Waals surface area contributed by atoms with Crippen LogP contribution in [0, 0.1) is 19.8 Å². The van der Waals surface area contributed by atoms with Gasteiger partial charge in [0.15, 0.2) is 0 Å². The summed E-state index contributed by atoms with van der Waals surface area (Å²) in [5.41, 5.74) is 5.31. The highest BCUT2D eigenvalue weighted by molar-refractivity contribution is 6.01. The minimum absolute atomic E-state index is 0.151. The molecule has 1 amide bonds. The van der Waals surface area contributed by atoms with Crippen molar-refractivity contribution in [2.75, 3.05) is 13.2 Å². The summed E-state index contributed by atoms with van der Waals surface area (Å²) in [7, 11) is 0. The molecule has 0 bridgehead atoms. The van der Waals surface area contributed by atoms with E-state index in [1.165, 1.54) is 5.56 Å². The van der Waals surface area contributed by atoms with Crippen molar-refractivity contribution in [2.24, 2.45) is 5.92 Å². The zero-order chi connectivity index (χ0) is 21.8. The van der Waals surface area contributed by atoms with E-state index in [1.807, 2.05) is 38.1 Å². The van der Waals surface area contributed by atoms with Crippen LogP contribution in [0.15, 0.2) is 54.7 Å². The van der Waals surface area contributed by atoms with E-state index in [0.29, 0.717) is 30.3 Å². The lowest BCUT2D eigenvalue weighted by Gasteiger charge is -2.06. The first-order valence-electron chi connectivity index (χ1n) is 10.6. The second-order valence-electron chi connectivity index (χ2n) is 8.25. The molecule has 1 aromatic heterocycles. The number of ether oxygens (including phenoxy) is 1. The number of esters is 1. The number of nitrogens with zero attached hydrogens (tertiary/aromatic N) is 2. The summed E-state index contributed by atoms with van der Waals surface area (Å²) in [5, 5.41) is 7.37. The molecule has 1 N–H and O–H groups in total. The first-order chi connectivity index (χ1) is 15.0. The molecular formula is C25H27N3O3. The van der Waals surface area contributed by atoms with E-state index in [2.05, 4.69) is 34.7 Å². The highest BCUT2D eigenvalue weighted by atomic mass is 16.5. The Morgan fingerprint density at radius 1 is 1.03 bits per heavy atom. The highest BCUT2D eigenvalue weighted by Gasteiger charge is 2.23. The Labute approximate surface area is 182 Å². The number of carbonyl (C=O) groups excluding carboxylic acids is 2. The lowest BCUT2D eigenvalue weighted by atomic mass is 10.1. The molecule has 1 heterocycles. The predicted molar refractivity (Wildman–Crippen MR) is 119 cm³/mol. The summed E-state index contributed by atoms with van der Waals surface area (Å²) in [4.78, 5) is 24.8. The monoisotopic (exact) mass is 417 g/mol. The Morgan fingerprint density at radius 2 is 1.68 bits per heavy atom. The van der Waals surface area contributed by atoms with Crippen LogP contribution in [0.5, 0.6) is 0 Å². The third-order valence-electron chi connectivity index (χ3n) is 5.37. The van der Waals surface area contributed by atoms with Crippen molar-refractivity contribution in [3.63, 3.8) is 0 Å². The molecule has 3 aromatic rings. The Kier molecular flexibility index (Phi) is 6.16. The number of hydrogen-bond acceptors (Lipinski definition) is 4. The molecule has 4 rings (SSSR count). The fraction of sp³-hybridized carbons (Fsp3) is 0.320. The van der Waals surface area contributed by atoms with E-state index < -0.39 is 5.97 Å². The topological polar surface area (TPSA) is 73.2 Å². The average molecular weight is 418 g/mol. The molecule has 0 radical (unpaired) electrons. The van der Waals surface area contributed by atoms with E-state index in [1.54, 1.807) is 10.9 Å². The van der Waals surface area contributed by atoms with E-state index >= 15 is 0 Å². The highest BCUT2D eigenvalue weighted by Crippen LogP contribution is 2.28. The molecule has 1 saturated carbocycles. The fourth-order valence-corrected chi connectivity index (χ4v) is 3.27.